The lowest BCUT2D eigenvalue weighted by Crippen LogP contribution is -2.09. The average Bonchev–Trinajstić information content (AvgIpc) is 2.32. The fourth-order valence-corrected chi connectivity index (χ4v) is 1.60. The molecule has 0 aromatic heterocycles. The lowest BCUT2D eigenvalue weighted by atomic mass is 9.97. The third-order valence-corrected chi connectivity index (χ3v) is 2.52. The van der Waals surface area contributed by atoms with Gasteiger partial charge in [0.25, 0.3) is 0 Å². The molecule has 1 N–H and O–H groups in total. The Hall–Kier alpha value is -1.86. The molecule has 0 radical (unpaired) electrons. The fraction of sp³-hybridized carbons (Fsp3) is 0.385. The number of aliphatic hydroxyl groups is 1. The molecule has 4 heteroatoms. The molecule has 0 spiro atoms. The van der Waals surface area contributed by atoms with Gasteiger partial charge in [-0.25, -0.2) is 0 Å². The van der Waals surface area contributed by atoms with Crippen LogP contribution in [0.5, 0.6) is 0 Å². The molecule has 0 unspecified atom stereocenters. The summed E-state index contributed by atoms with van der Waals surface area (Å²) in [5.74, 6) is -0.324. The molecule has 1 aromatic carbocycles. The van der Waals surface area contributed by atoms with Crippen LogP contribution < -0.4 is 0 Å². The van der Waals surface area contributed by atoms with Gasteiger partial charge in [-0.15, -0.1) is 0 Å². The summed E-state index contributed by atoms with van der Waals surface area (Å²) in [5, 5.41) is 18.0. The van der Waals surface area contributed by atoms with E-state index in [0.29, 0.717) is 17.7 Å². The molecule has 17 heavy (non-hydrogen) atoms. The van der Waals surface area contributed by atoms with Gasteiger partial charge in [-0.3, -0.25) is 4.79 Å². The molecule has 0 heterocycles. The quantitative estimate of drug-likeness (QED) is 0.799. The summed E-state index contributed by atoms with van der Waals surface area (Å²) in [6.07, 6.45) is 0.127. The van der Waals surface area contributed by atoms with Crippen LogP contribution in [0.2, 0.25) is 0 Å². The molecule has 1 rings (SSSR count). The van der Waals surface area contributed by atoms with Crippen molar-refractivity contribution in [3.63, 3.8) is 0 Å². The van der Waals surface area contributed by atoms with Crippen LogP contribution in [0.3, 0.4) is 0 Å². The Kier molecular flexibility index (Phi) is 4.68. The lowest BCUT2D eigenvalue weighted by Gasteiger charge is -2.09. The van der Waals surface area contributed by atoms with Gasteiger partial charge >= 0.3 is 5.97 Å². The zero-order chi connectivity index (χ0) is 12.8. The maximum Gasteiger partial charge on any atom is 0.310 e. The molecule has 4 nitrogen and oxygen atoms in total. The summed E-state index contributed by atoms with van der Waals surface area (Å²) in [7, 11) is 0. The number of nitrogens with zero attached hydrogens (tertiary/aromatic N) is 1. The Morgan fingerprint density at radius 2 is 2.24 bits per heavy atom. The van der Waals surface area contributed by atoms with Crippen LogP contribution in [0.25, 0.3) is 0 Å². The van der Waals surface area contributed by atoms with Crippen molar-refractivity contribution in [1.29, 1.82) is 5.26 Å². The van der Waals surface area contributed by atoms with E-state index in [9.17, 15) is 4.79 Å². The summed E-state index contributed by atoms with van der Waals surface area (Å²) >= 11 is 0. The number of benzene rings is 1. The molecule has 0 amide bonds. The van der Waals surface area contributed by atoms with Crippen molar-refractivity contribution in [2.24, 2.45) is 0 Å². The number of carbonyl (C=O) groups is 1. The molecule has 1 aromatic rings. The highest BCUT2D eigenvalue weighted by molar-refractivity contribution is 5.73. The maximum atomic E-state index is 11.4. The Labute approximate surface area is 100 Å². The smallest absolute Gasteiger partial charge is 0.310 e. The molecular weight excluding hydrogens is 218 g/mol. The van der Waals surface area contributed by atoms with Gasteiger partial charge in [0, 0.05) is 0 Å². The van der Waals surface area contributed by atoms with Gasteiger partial charge in [-0.05, 0) is 36.6 Å². The summed E-state index contributed by atoms with van der Waals surface area (Å²) in [4.78, 5) is 11.4. The molecule has 0 aliphatic heterocycles. The van der Waals surface area contributed by atoms with E-state index in [0.717, 1.165) is 11.1 Å². The number of aliphatic hydroxyl groups excluding tert-OH is 1. The molecule has 0 saturated heterocycles. The molecule has 0 fully saturated rings. The van der Waals surface area contributed by atoms with E-state index in [1.807, 2.05) is 0 Å². The average molecular weight is 233 g/mol. The zero-order valence-corrected chi connectivity index (χ0v) is 9.99. The second-order valence-corrected chi connectivity index (χ2v) is 3.68. The summed E-state index contributed by atoms with van der Waals surface area (Å²) < 4.78 is 4.86. The van der Waals surface area contributed by atoms with Gasteiger partial charge in [0.1, 0.15) is 0 Å². The van der Waals surface area contributed by atoms with Crippen LogP contribution in [-0.4, -0.2) is 17.7 Å². The number of ether oxygens (including phenoxy) is 1. The highest BCUT2D eigenvalue weighted by Crippen LogP contribution is 2.17. The van der Waals surface area contributed by atoms with E-state index in [2.05, 4.69) is 6.07 Å². The van der Waals surface area contributed by atoms with Crippen molar-refractivity contribution in [2.45, 2.75) is 26.9 Å². The van der Waals surface area contributed by atoms with E-state index in [1.54, 1.807) is 26.0 Å². The van der Waals surface area contributed by atoms with Crippen LogP contribution in [0.1, 0.15) is 29.2 Å². The molecular formula is C13H15NO3. The van der Waals surface area contributed by atoms with E-state index in [-0.39, 0.29) is 19.0 Å². The third-order valence-electron chi connectivity index (χ3n) is 2.52. The van der Waals surface area contributed by atoms with Crippen molar-refractivity contribution >= 4 is 5.97 Å². The third kappa shape index (κ3) is 3.30. The minimum absolute atomic E-state index is 0.127. The Bertz CT molecular complexity index is 460. The number of hydrogen-bond donors (Lipinski definition) is 1. The number of hydrogen-bond acceptors (Lipinski definition) is 4. The van der Waals surface area contributed by atoms with Crippen molar-refractivity contribution in [3.05, 3.63) is 34.4 Å². The van der Waals surface area contributed by atoms with Crippen molar-refractivity contribution in [2.75, 3.05) is 6.61 Å². The second-order valence-electron chi connectivity index (χ2n) is 3.68. The topological polar surface area (TPSA) is 70.3 Å². The largest absolute Gasteiger partial charge is 0.466 e. The van der Waals surface area contributed by atoms with Crippen LogP contribution >= 0.6 is 0 Å². The molecule has 90 valence electrons. The first-order chi connectivity index (χ1) is 8.12. The van der Waals surface area contributed by atoms with Crippen molar-refractivity contribution in [3.8, 4) is 6.07 Å². The van der Waals surface area contributed by atoms with Crippen LogP contribution in [0, 0.1) is 18.3 Å². The standard InChI is InChI=1S/C13H15NO3/c1-3-17-13(16)6-11-4-10(8-15)5-12(7-14)9(11)2/h4-5,15H,3,6,8H2,1-2H3. The predicted octanol–water partition coefficient (Wildman–Crippen LogP) is 1.46. The van der Waals surface area contributed by atoms with Gasteiger partial charge in [0.05, 0.1) is 31.3 Å². The van der Waals surface area contributed by atoms with Gasteiger partial charge in [-0.1, -0.05) is 6.07 Å². The maximum absolute atomic E-state index is 11.4. The van der Waals surface area contributed by atoms with Crippen molar-refractivity contribution < 1.29 is 14.6 Å². The predicted molar refractivity (Wildman–Crippen MR) is 62.2 cm³/mol. The number of nitriles is 1. The van der Waals surface area contributed by atoms with E-state index in [1.165, 1.54) is 0 Å². The van der Waals surface area contributed by atoms with Crippen LogP contribution in [0.15, 0.2) is 12.1 Å². The molecule has 0 aliphatic carbocycles. The van der Waals surface area contributed by atoms with Crippen LogP contribution in [0.4, 0.5) is 0 Å². The molecule has 0 atom stereocenters. The normalized spacial score (nSPS) is 9.76. The molecule has 0 saturated carbocycles. The van der Waals surface area contributed by atoms with E-state index in [4.69, 9.17) is 15.1 Å². The Balaban J connectivity index is 3.06. The number of esters is 1. The highest BCUT2D eigenvalue weighted by atomic mass is 16.5. The second kappa shape index (κ2) is 6.02. The molecule has 0 aliphatic rings. The SMILES string of the molecule is CCOC(=O)Cc1cc(CO)cc(C#N)c1C. The monoisotopic (exact) mass is 233 g/mol. The van der Waals surface area contributed by atoms with Crippen LogP contribution in [-0.2, 0) is 22.6 Å². The lowest BCUT2D eigenvalue weighted by molar-refractivity contribution is -0.142. The Morgan fingerprint density at radius 3 is 2.76 bits per heavy atom. The van der Waals surface area contributed by atoms with Gasteiger partial charge in [0.2, 0.25) is 0 Å². The fourth-order valence-electron chi connectivity index (χ4n) is 1.60. The van der Waals surface area contributed by atoms with Gasteiger partial charge < -0.3 is 9.84 Å². The van der Waals surface area contributed by atoms with Gasteiger partial charge in [-0.2, -0.15) is 5.26 Å². The minimum Gasteiger partial charge on any atom is -0.466 e. The zero-order valence-electron chi connectivity index (χ0n) is 9.99. The molecule has 0 bridgehead atoms. The summed E-state index contributed by atoms with van der Waals surface area (Å²) in [5.41, 5.74) is 2.60. The van der Waals surface area contributed by atoms with Gasteiger partial charge in [0.15, 0.2) is 0 Å². The first kappa shape index (κ1) is 13.2. The first-order valence-corrected chi connectivity index (χ1v) is 5.41. The Morgan fingerprint density at radius 1 is 1.53 bits per heavy atom. The van der Waals surface area contributed by atoms with Crippen molar-refractivity contribution in [1.82, 2.24) is 0 Å². The number of carbonyl (C=O) groups excluding carboxylic acids is 1. The first-order valence-electron chi connectivity index (χ1n) is 5.41. The summed E-state index contributed by atoms with van der Waals surface area (Å²) in [6.45, 7) is 3.72. The number of rotatable bonds is 4. The highest BCUT2D eigenvalue weighted by Gasteiger charge is 2.11. The van der Waals surface area contributed by atoms with E-state index < -0.39 is 0 Å². The summed E-state index contributed by atoms with van der Waals surface area (Å²) in [6, 6.07) is 5.41. The van der Waals surface area contributed by atoms with E-state index >= 15 is 0 Å². The minimum atomic E-state index is -0.324.